The zero-order valence-corrected chi connectivity index (χ0v) is 15.0. The van der Waals surface area contributed by atoms with Gasteiger partial charge in [-0.1, -0.05) is 45.9 Å². The summed E-state index contributed by atoms with van der Waals surface area (Å²) in [7, 11) is -3.40. The fourth-order valence-electron chi connectivity index (χ4n) is 2.44. The second-order valence-electron chi connectivity index (χ2n) is 5.18. The second kappa shape index (κ2) is 5.83. The number of benzene rings is 2. The van der Waals surface area contributed by atoms with Crippen molar-refractivity contribution in [2.24, 2.45) is 0 Å². The molecule has 0 aliphatic heterocycles. The molecule has 0 heterocycles. The Kier molecular flexibility index (Phi) is 4.18. The number of hydrogen-bond donors (Lipinski definition) is 0. The molecule has 22 heavy (non-hydrogen) atoms. The summed E-state index contributed by atoms with van der Waals surface area (Å²) >= 11 is 4.75. The predicted molar refractivity (Wildman–Crippen MR) is 90.9 cm³/mol. The van der Waals surface area contributed by atoms with Crippen LogP contribution in [-0.4, -0.2) is 25.3 Å². The molecule has 1 unspecified atom stereocenters. The number of rotatable bonds is 3. The van der Waals surface area contributed by atoms with Crippen LogP contribution in [0.25, 0.3) is 0 Å². The Morgan fingerprint density at radius 2 is 1.86 bits per heavy atom. The highest BCUT2D eigenvalue weighted by Gasteiger charge is 2.31. The predicted octanol–water partition coefficient (Wildman–Crippen LogP) is 3.74. The zero-order valence-electron chi connectivity index (χ0n) is 11.7. The largest absolute Gasteiger partial charge is 0.293 e. The van der Waals surface area contributed by atoms with Crippen molar-refractivity contribution in [2.45, 2.75) is 25.9 Å². The van der Waals surface area contributed by atoms with E-state index in [0.29, 0.717) is 16.9 Å². The molecule has 0 aromatic heterocycles. The van der Waals surface area contributed by atoms with Crippen molar-refractivity contribution in [1.29, 1.82) is 0 Å². The van der Waals surface area contributed by atoms with Gasteiger partial charge in [-0.2, -0.15) is 0 Å². The van der Waals surface area contributed by atoms with Crippen LogP contribution in [0.1, 0.15) is 15.9 Å². The smallest absolute Gasteiger partial charge is 0.177 e. The van der Waals surface area contributed by atoms with Crippen LogP contribution in [-0.2, 0) is 16.3 Å². The number of ketones is 1. The maximum atomic E-state index is 12.1. The first-order valence-corrected chi connectivity index (χ1v) is 10.3. The minimum absolute atomic E-state index is 0.0452. The molecule has 0 N–H and O–H groups in total. The van der Waals surface area contributed by atoms with Crippen LogP contribution in [0.3, 0.4) is 0 Å². The third kappa shape index (κ3) is 3.00. The van der Waals surface area contributed by atoms with E-state index in [-0.39, 0.29) is 15.5 Å². The molecule has 0 radical (unpaired) electrons. The summed E-state index contributed by atoms with van der Waals surface area (Å²) in [6.07, 6.45) is 1.77. The van der Waals surface area contributed by atoms with Gasteiger partial charge in [0.05, 0.1) is 9.72 Å². The molecule has 3 nitrogen and oxygen atoms in total. The van der Waals surface area contributed by atoms with Gasteiger partial charge in [0, 0.05) is 21.6 Å². The zero-order chi connectivity index (χ0) is 15.9. The van der Waals surface area contributed by atoms with Gasteiger partial charge in [0.2, 0.25) is 0 Å². The van der Waals surface area contributed by atoms with Crippen molar-refractivity contribution in [3.63, 3.8) is 0 Å². The topological polar surface area (TPSA) is 51.2 Å². The standard InChI is InChI=1S/C16H13BrO3S2/c1-22(19,20)15-9-12-10(7-13(17)16(12)18)8-14(15)21-11-5-3-2-4-6-11/h2-6,8-9,13H,7H2,1H3. The van der Waals surface area contributed by atoms with Crippen molar-refractivity contribution in [2.75, 3.05) is 6.26 Å². The lowest BCUT2D eigenvalue weighted by molar-refractivity contribution is 0.100. The van der Waals surface area contributed by atoms with Gasteiger partial charge in [0.1, 0.15) is 0 Å². The average molecular weight is 397 g/mol. The number of fused-ring (bicyclic) bond motifs is 1. The minimum Gasteiger partial charge on any atom is -0.293 e. The molecule has 0 saturated heterocycles. The number of carbonyl (C=O) groups excluding carboxylic acids is 1. The number of halogens is 1. The van der Waals surface area contributed by atoms with E-state index in [4.69, 9.17) is 0 Å². The van der Waals surface area contributed by atoms with E-state index in [1.807, 2.05) is 36.4 Å². The fraction of sp³-hybridized carbons (Fsp3) is 0.188. The van der Waals surface area contributed by atoms with Crippen molar-refractivity contribution in [3.05, 3.63) is 53.6 Å². The molecule has 0 fully saturated rings. The van der Waals surface area contributed by atoms with Crippen LogP contribution in [0.15, 0.2) is 57.2 Å². The summed E-state index contributed by atoms with van der Waals surface area (Å²) in [5, 5.41) is 0. The Labute approximate surface area is 142 Å². The van der Waals surface area contributed by atoms with E-state index in [9.17, 15) is 13.2 Å². The molecule has 0 saturated carbocycles. The first-order valence-electron chi connectivity index (χ1n) is 6.64. The Bertz CT molecular complexity index is 845. The minimum atomic E-state index is -3.40. The molecule has 0 spiro atoms. The van der Waals surface area contributed by atoms with E-state index >= 15 is 0 Å². The highest BCUT2D eigenvalue weighted by molar-refractivity contribution is 9.10. The Hall–Kier alpha value is -1.11. The number of sulfone groups is 1. The molecule has 1 aliphatic rings. The van der Waals surface area contributed by atoms with Crippen LogP contribution >= 0.6 is 27.7 Å². The van der Waals surface area contributed by atoms with Crippen LogP contribution < -0.4 is 0 Å². The van der Waals surface area contributed by atoms with Gasteiger partial charge >= 0.3 is 0 Å². The molecule has 6 heteroatoms. The van der Waals surface area contributed by atoms with Gasteiger partial charge < -0.3 is 0 Å². The SMILES string of the molecule is CS(=O)(=O)c1cc2c(cc1Sc1ccccc1)CC(Br)C2=O. The summed E-state index contributed by atoms with van der Waals surface area (Å²) in [5.74, 6) is -0.0452. The van der Waals surface area contributed by atoms with Gasteiger partial charge in [-0.25, -0.2) is 8.42 Å². The molecule has 0 amide bonds. The molecule has 2 aromatic carbocycles. The first-order chi connectivity index (χ1) is 10.4. The van der Waals surface area contributed by atoms with Crippen molar-refractivity contribution in [1.82, 2.24) is 0 Å². The highest BCUT2D eigenvalue weighted by Crippen LogP contribution is 2.38. The fourth-order valence-corrected chi connectivity index (χ4v) is 5.28. The van der Waals surface area contributed by atoms with Crippen LogP contribution in [0.5, 0.6) is 0 Å². The van der Waals surface area contributed by atoms with Gasteiger partial charge in [-0.05, 0) is 36.2 Å². The van der Waals surface area contributed by atoms with E-state index in [1.54, 1.807) is 0 Å². The van der Waals surface area contributed by atoms with Crippen molar-refractivity contribution < 1.29 is 13.2 Å². The number of Topliss-reactive ketones (excluding diaryl/α,β-unsaturated/α-hetero) is 1. The van der Waals surface area contributed by atoms with E-state index in [2.05, 4.69) is 15.9 Å². The van der Waals surface area contributed by atoms with E-state index < -0.39 is 9.84 Å². The van der Waals surface area contributed by atoms with Crippen molar-refractivity contribution >= 4 is 43.3 Å². The van der Waals surface area contributed by atoms with Crippen molar-refractivity contribution in [3.8, 4) is 0 Å². The quantitative estimate of drug-likeness (QED) is 0.741. The number of carbonyl (C=O) groups is 1. The summed E-state index contributed by atoms with van der Waals surface area (Å²) in [6.45, 7) is 0. The lowest BCUT2D eigenvalue weighted by atomic mass is 10.1. The van der Waals surface area contributed by atoms with Gasteiger partial charge in [0.15, 0.2) is 15.6 Å². The lowest BCUT2D eigenvalue weighted by Gasteiger charge is -2.10. The van der Waals surface area contributed by atoms with Gasteiger partial charge in [-0.3, -0.25) is 4.79 Å². The molecule has 1 aliphatic carbocycles. The average Bonchev–Trinajstić information content (AvgIpc) is 2.73. The second-order valence-corrected chi connectivity index (χ2v) is 9.38. The molecule has 1 atom stereocenters. The summed E-state index contributed by atoms with van der Waals surface area (Å²) < 4.78 is 24.2. The third-order valence-corrected chi connectivity index (χ3v) is 6.56. The first kappa shape index (κ1) is 15.8. The molecule has 0 bridgehead atoms. The number of alkyl halides is 1. The normalized spacial score (nSPS) is 17.5. The van der Waals surface area contributed by atoms with Gasteiger partial charge in [-0.15, -0.1) is 0 Å². The number of hydrogen-bond acceptors (Lipinski definition) is 4. The molecule has 114 valence electrons. The van der Waals surface area contributed by atoms with E-state index in [0.717, 1.165) is 10.5 Å². The summed E-state index contributed by atoms with van der Waals surface area (Å²) in [6, 6.07) is 13.0. The molecule has 2 aromatic rings. The Morgan fingerprint density at radius 1 is 1.18 bits per heavy atom. The highest BCUT2D eigenvalue weighted by atomic mass is 79.9. The third-order valence-electron chi connectivity index (χ3n) is 3.49. The van der Waals surface area contributed by atoms with E-state index in [1.165, 1.54) is 24.1 Å². The van der Waals surface area contributed by atoms with Gasteiger partial charge in [0.25, 0.3) is 0 Å². The molecular weight excluding hydrogens is 384 g/mol. The lowest BCUT2D eigenvalue weighted by Crippen LogP contribution is -2.07. The monoisotopic (exact) mass is 396 g/mol. The molecular formula is C16H13BrO3S2. The van der Waals surface area contributed by atoms with Crippen LogP contribution in [0.2, 0.25) is 0 Å². The van der Waals surface area contributed by atoms with Crippen LogP contribution in [0, 0.1) is 0 Å². The van der Waals surface area contributed by atoms with Crippen LogP contribution in [0.4, 0.5) is 0 Å². The Morgan fingerprint density at radius 3 is 2.50 bits per heavy atom. The maximum Gasteiger partial charge on any atom is 0.177 e. The molecule has 3 rings (SSSR count). The Balaban J connectivity index is 2.13. The summed E-state index contributed by atoms with van der Waals surface area (Å²) in [5.41, 5.74) is 1.41. The summed E-state index contributed by atoms with van der Waals surface area (Å²) in [4.78, 5) is 13.7. The maximum absolute atomic E-state index is 12.1.